The van der Waals surface area contributed by atoms with Gasteiger partial charge in [0.05, 0.1) is 4.90 Å². The third-order valence-corrected chi connectivity index (χ3v) is 5.43. The Kier molecular flexibility index (Phi) is 4.34. The number of halogens is 2. The molecular formula is C9H11Br2NO2S. The summed E-state index contributed by atoms with van der Waals surface area (Å²) >= 11 is 6.52. The van der Waals surface area contributed by atoms with Gasteiger partial charge < -0.3 is 0 Å². The third kappa shape index (κ3) is 2.81. The van der Waals surface area contributed by atoms with Crippen molar-refractivity contribution in [3.8, 4) is 0 Å². The fourth-order valence-electron chi connectivity index (χ4n) is 1.02. The van der Waals surface area contributed by atoms with Crippen LogP contribution in [0.25, 0.3) is 0 Å². The average Bonchev–Trinajstić information content (AvgIpc) is 2.15. The molecule has 0 N–H and O–H groups in total. The van der Waals surface area contributed by atoms with E-state index in [0.717, 1.165) is 4.47 Å². The van der Waals surface area contributed by atoms with Crippen molar-refractivity contribution < 1.29 is 8.42 Å². The van der Waals surface area contributed by atoms with Gasteiger partial charge in [0.1, 0.15) is 0 Å². The first-order valence-electron chi connectivity index (χ1n) is 4.31. The van der Waals surface area contributed by atoms with Crippen LogP contribution in [-0.2, 0) is 10.0 Å². The molecule has 3 nitrogen and oxygen atoms in total. The maximum Gasteiger partial charge on any atom is 0.243 e. The molecule has 1 aromatic carbocycles. The average molecular weight is 357 g/mol. The monoisotopic (exact) mass is 355 g/mol. The molecule has 0 aliphatic rings. The van der Waals surface area contributed by atoms with E-state index in [-0.39, 0.29) is 4.90 Å². The highest BCUT2D eigenvalue weighted by molar-refractivity contribution is 9.11. The summed E-state index contributed by atoms with van der Waals surface area (Å²) in [5, 5.41) is 0. The fraction of sp³-hybridized carbons (Fsp3) is 0.333. The molecule has 0 aliphatic carbocycles. The summed E-state index contributed by atoms with van der Waals surface area (Å²) in [6, 6.07) is 5.01. The highest BCUT2D eigenvalue weighted by Crippen LogP contribution is 2.27. The highest BCUT2D eigenvalue weighted by Gasteiger charge is 2.21. The summed E-state index contributed by atoms with van der Waals surface area (Å²) in [6.45, 7) is 2.25. The predicted molar refractivity (Wildman–Crippen MR) is 67.3 cm³/mol. The zero-order valence-electron chi connectivity index (χ0n) is 8.37. The lowest BCUT2D eigenvalue weighted by Gasteiger charge is -2.15. The lowest BCUT2D eigenvalue weighted by atomic mass is 10.4. The van der Waals surface area contributed by atoms with Gasteiger partial charge in [-0.25, -0.2) is 12.7 Å². The number of hydrogen-bond donors (Lipinski definition) is 0. The summed E-state index contributed by atoms with van der Waals surface area (Å²) in [5.41, 5.74) is 0. The Hall–Kier alpha value is 0.0900. The first kappa shape index (κ1) is 13.2. The molecule has 0 aromatic heterocycles. The molecule has 0 unspecified atom stereocenters. The van der Waals surface area contributed by atoms with Crippen molar-refractivity contribution in [2.24, 2.45) is 0 Å². The van der Waals surface area contributed by atoms with Crippen LogP contribution in [-0.4, -0.2) is 26.3 Å². The normalized spacial score (nSPS) is 12.1. The Morgan fingerprint density at radius 2 is 1.93 bits per heavy atom. The van der Waals surface area contributed by atoms with E-state index < -0.39 is 10.0 Å². The van der Waals surface area contributed by atoms with E-state index in [2.05, 4.69) is 31.9 Å². The lowest BCUT2D eigenvalue weighted by molar-refractivity contribution is 0.486. The van der Waals surface area contributed by atoms with Crippen molar-refractivity contribution in [1.82, 2.24) is 4.31 Å². The second kappa shape index (κ2) is 4.95. The van der Waals surface area contributed by atoms with E-state index in [9.17, 15) is 8.42 Å². The summed E-state index contributed by atoms with van der Waals surface area (Å²) in [5.74, 6) is 0. The van der Waals surface area contributed by atoms with Gasteiger partial charge in [-0.15, -0.1) is 0 Å². The smallest absolute Gasteiger partial charge is 0.207 e. The molecule has 0 spiro atoms. The molecule has 6 heteroatoms. The lowest BCUT2D eigenvalue weighted by Crippen LogP contribution is -2.26. The molecule has 15 heavy (non-hydrogen) atoms. The minimum absolute atomic E-state index is 0.287. The topological polar surface area (TPSA) is 37.4 Å². The molecule has 0 fully saturated rings. The highest BCUT2D eigenvalue weighted by atomic mass is 79.9. The minimum atomic E-state index is -3.37. The Morgan fingerprint density at radius 1 is 1.33 bits per heavy atom. The second-order valence-corrected chi connectivity index (χ2v) is 6.78. The Balaban J connectivity index is 3.28. The zero-order valence-corrected chi connectivity index (χ0v) is 12.4. The van der Waals surface area contributed by atoms with E-state index in [0.29, 0.717) is 11.0 Å². The van der Waals surface area contributed by atoms with E-state index in [4.69, 9.17) is 0 Å². The molecule has 0 bridgehead atoms. The van der Waals surface area contributed by atoms with Crippen LogP contribution in [0.15, 0.2) is 32.0 Å². The minimum Gasteiger partial charge on any atom is -0.207 e. The summed E-state index contributed by atoms with van der Waals surface area (Å²) < 4.78 is 26.7. The standard InChI is InChI=1S/C9H11Br2NO2S/c1-3-12(2)15(13,14)9-5-4-7(10)6-8(9)11/h4-6H,3H2,1-2H3. The number of hydrogen-bond acceptors (Lipinski definition) is 2. The van der Waals surface area contributed by atoms with Crippen LogP contribution in [0.3, 0.4) is 0 Å². The van der Waals surface area contributed by atoms with Gasteiger partial charge in [0.25, 0.3) is 0 Å². The first-order chi connectivity index (χ1) is 6.89. The van der Waals surface area contributed by atoms with Gasteiger partial charge in [-0.3, -0.25) is 0 Å². The number of sulfonamides is 1. The summed E-state index contributed by atoms with van der Waals surface area (Å²) in [7, 11) is -1.81. The molecule has 0 saturated carbocycles. The Bertz CT molecular complexity index is 459. The van der Waals surface area contributed by atoms with E-state index in [1.807, 2.05) is 0 Å². The third-order valence-electron chi connectivity index (χ3n) is 2.03. The quantitative estimate of drug-likeness (QED) is 0.835. The van der Waals surface area contributed by atoms with Crippen molar-refractivity contribution in [3.05, 3.63) is 27.1 Å². The van der Waals surface area contributed by atoms with Crippen LogP contribution in [0.2, 0.25) is 0 Å². The van der Waals surface area contributed by atoms with Gasteiger partial charge in [0.2, 0.25) is 10.0 Å². The Labute approximate surface area is 107 Å². The number of benzene rings is 1. The first-order valence-corrected chi connectivity index (χ1v) is 7.33. The van der Waals surface area contributed by atoms with E-state index in [1.54, 1.807) is 32.2 Å². The maximum atomic E-state index is 12.0. The van der Waals surface area contributed by atoms with Crippen molar-refractivity contribution in [2.45, 2.75) is 11.8 Å². The van der Waals surface area contributed by atoms with Crippen LogP contribution in [0.1, 0.15) is 6.92 Å². The van der Waals surface area contributed by atoms with Gasteiger partial charge in [-0.1, -0.05) is 22.9 Å². The Morgan fingerprint density at radius 3 is 2.40 bits per heavy atom. The van der Waals surface area contributed by atoms with Crippen LogP contribution >= 0.6 is 31.9 Å². The van der Waals surface area contributed by atoms with Crippen molar-refractivity contribution in [1.29, 1.82) is 0 Å². The van der Waals surface area contributed by atoms with Gasteiger partial charge in [-0.05, 0) is 34.1 Å². The number of rotatable bonds is 3. The molecular weight excluding hydrogens is 346 g/mol. The largest absolute Gasteiger partial charge is 0.243 e. The zero-order chi connectivity index (χ0) is 11.6. The fourth-order valence-corrected chi connectivity index (χ4v) is 3.90. The van der Waals surface area contributed by atoms with Crippen molar-refractivity contribution >= 4 is 41.9 Å². The second-order valence-electron chi connectivity index (χ2n) is 2.99. The van der Waals surface area contributed by atoms with Crippen LogP contribution in [0.4, 0.5) is 0 Å². The van der Waals surface area contributed by atoms with Crippen molar-refractivity contribution in [2.75, 3.05) is 13.6 Å². The summed E-state index contributed by atoms with van der Waals surface area (Å²) in [6.07, 6.45) is 0. The molecule has 1 rings (SSSR count). The van der Waals surface area contributed by atoms with Gasteiger partial charge in [0, 0.05) is 22.5 Å². The SMILES string of the molecule is CCN(C)S(=O)(=O)c1ccc(Br)cc1Br. The molecule has 0 atom stereocenters. The van der Waals surface area contributed by atoms with Gasteiger partial charge >= 0.3 is 0 Å². The van der Waals surface area contributed by atoms with Crippen LogP contribution in [0, 0.1) is 0 Å². The molecule has 84 valence electrons. The molecule has 0 heterocycles. The number of nitrogens with zero attached hydrogens (tertiary/aromatic N) is 1. The summed E-state index contributed by atoms with van der Waals surface area (Å²) in [4.78, 5) is 0.287. The molecule has 0 saturated heterocycles. The van der Waals surface area contributed by atoms with Crippen LogP contribution in [0.5, 0.6) is 0 Å². The van der Waals surface area contributed by atoms with E-state index in [1.165, 1.54) is 4.31 Å². The van der Waals surface area contributed by atoms with E-state index >= 15 is 0 Å². The van der Waals surface area contributed by atoms with Crippen LogP contribution < -0.4 is 0 Å². The molecule has 1 aromatic rings. The predicted octanol–water partition coefficient (Wildman–Crippen LogP) is 2.85. The maximum absolute atomic E-state index is 12.0. The van der Waals surface area contributed by atoms with Gasteiger partial charge in [-0.2, -0.15) is 0 Å². The van der Waals surface area contributed by atoms with Gasteiger partial charge in [0.15, 0.2) is 0 Å². The molecule has 0 amide bonds. The molecule has 0 radical (unpaired) electrons. The molecule has 0 aliphatic heterocycles. The van der Waals surface area contributed by atoms with Crippen molar-refractivity contribution in [3.63, 3.8) is 0 Å².